The summed E-state index contributed by atoms with van der Waals surface area (Å²) in [6.45, 7) is 4.15. The van der Waals surface area contributed by atoms with Gasteiger partial charge in [0.1, 0.15) is 17.9 Å². The fourth-order valence-corrected chi connectivity index (χ4v) is 2.49. The number of halogens is 1. The van der Waals surface area contributed by atoms with E-state index >= 15 is 0 Å². The first-order valence-corrected chi connectivity index (χ1v) is 7.29. The Morgan fingerprint density at radius 3 is 2.80 bits per heavy atom. The van der Waals surface area contributed by atoms with Crippen LogP contribution in [0.3, 0.4) is 0 Å². The highest BCUT2D eigenvalue weighted by atomic mass is 79.9. The minimum Gasteiger partial charge on any atom is -0.496 e. The van der Waals surface area contributed by atoms with Crippen molar-refractivity contribution in [1.82, 2.24) is 14.8 Å². The molecule has 0 saturated heterocycles. The van der Waals surface area contributed by atoms with Crippen molar-refractivity contribution in [3.8, 4) is 5.75 Å². The molecule has 0 aliphatic heterocycles. The van der Waals surface area contributed by atoms with Crippen LogP contribution in [0.15, 0.2) is 29.0 Å². The molecule has 0 radical (unpaired) electrons. The van der Waals surface area contributed by atoms with E-state index in [1.165, 1.54) is 0 Å². The molecule has 1 aromatic heterocycles. The largest absolute Gasteiger partial charge is 0.496 e. The lowest BCUT2D eigenvalue weighted by Crippen LogP contribution is -2.18. The van der Waals surface area contributed by atoms with Crippen LogP contribution in [-0.4, -0.2) is 21.9 Å². The van der Waals surface area contributed by atoms with Crippen molar-refractivity contribution in [2.75, 3.05) is 7.11 Å². The summed E-state index contributed by atoms with van der Waals surface area (Å²) in [4.78, 5) is 4.30. The monoisotopic (exact) mass is 338 g/mol. The van der Waals surface area contributed by atoms with Crippen LogP contribution in [0.4, 0.5) is 0 Å². The first-order chi connectivity index (χ1) is 9.52. The molecule has 0 aliphatic rings. The van der Waals surface area contributed by atoms with Gasteiger partial charge < -0.3 is 10.5 Å². The molecule has 1 unspecified atom stereocenters. The number of nitrogens with two attached hydrogens (primary N) is 1. The van der Waals surface area contributed by atoms with Gasteiger partial charge in [-0.2, -0.15) is 5.10 Å². The topological polar surface area (TPSA) is 66.0 Å². The van der Waals surface area contributed by atoms with Gasteiger partial charge in [-0.25, -0.2) is 9.67 Å². The molecule has 1 aromatic carbocycles. The molecule has 2 rings (SSSR count). The second-order valence-electron chi connectivity index (χ2n) is 4.91. The van der Waals surface area contributed by atoms with E-state index in [4.69, 9.17) is 10.5 Å². The molecule has 0 amide bonds. The Bertz CT molecular complexity index is 582. The van der Waals surface area contributed by atoms with Crippen molar-refractivity contribution in [2.45, 2.75) is 32.4 Å². The average Bonchev–Trinajstić information content (AvgIpc) is 2.86. The second-order valence-corrected chi connectivity index (χ2v) is 5.83. The molecule has 0 bridgehead atoms. The molecule has 0 aliphatic carbocycles. The quantitative estimate of drug-likeness (QED) is 0.910. The highest BCUT2D eigenvalue weighted by molar-refractivity contribution is 9.10. The lowest BCUT2D eigenvalue weighted by molar-refractivity contribution is 0.403. The summed E-state index contributed by atoms with van der Waals surface area (Å²) < 4.78 is 8.25. The van der Waals surface area contributed by atoms with Gasteiger partial charge in [0.05, 0.1) is 7.11 Å². The Labute approximate surface area is 127 Å². The fraction of sp³-hybridized carbons (Fsp3) is 0.429. The molecule has 5 nitrogen and oxygen atoms in total. The maximum Gasteiger partial charge on any atom is 0.138 e. The standard InChI is InChI=1S/C14H19BrN4O/c1-9(2)19-14(17-8-18-19)7-12(16)11-5-4-10(15)6-13(11)20-3/h4-6,8-9,12H,7,16H2,1-3H3. The number of nitrogens with zero attached hydrogens (tertiary/aromatic N) is 3. The number of hydrogen-bond acceptors (Lipinski definition) is 4. The SMILES string of the molecule is COc1cc(Br)ccc1C(N)Cc1ncnn1C(C)C. The highest BCUT2D eigenvalue weighted by Crippen LogP contribution is 2.29. The average molecular weight is 339 g/mol. The van der Waals surface area contributed by atoms with Gasteiger partial charge in [0.25, 0.3) is 0 Å². The number of ether oxygens (including phenoxy) is 1. The summed E-state index contributed by atoms with van der Waals surface area (Å²) in [5, 5.41) is 4.23. The minimum absolute atomic E-state index is 0.181. The zero-order valence-corrected chi connectivity index (χ0v) is 13.5. The van der Waals surface area contributed by atoms with Crippen molar-refractivity contribution in [1.29, 1.82) is 0 Å². The van der Waals surface area contributed by atoms with Gasteiger partial charge in [0.15, 0.2) is 0 Å². The van der Waals surface area contributed by atoms with Gasteiger partial charge in [-0.3, -0.25) is 0 Å². The van der Waals surface area contributed by atoms with Gasteiger partial charge >= 0.3 is 0 Å². The number of methoxy groups -OCH3 is 1. The molecule has 1 heterocycles. The number of rotatable bonds is 5. The third-order valence-electron chi connectivity index (χ3n) is 3.13. The molecule has 1 atom stereocenters. The van der Waals surface area contributed by atoms with Crippen LogP contribution in [0.2, 0.25) is 0 Å². The van der Waals surface area contributed by atoms with Crippen molar-refractivity contribution in [3.63, 3.8) is 0 Å². The third-order valence-corrected chi connectivity index (χ3v) is 3.63. The first-order valence-electron chi connectivity index (χ1n) is 6.50. The predicted octanol–water partition coefficient (Wildman–Crippen LogP) is 2.87. The fourth-order valence-electron chi connectivity index (χ4n) is 2.15. The summed E-state index contributed by atoms with van der Waals surface area (Å²) >= 11 is 3.43. The van der Waals surface area contributed by atoms with E-state index in [0.717, 1.165) is 21.6 Å². The Morgan fingerprint density at radius 2 is 2.15 bits per heavy atom. The van der Waals surface area contributed by atoms with Crippen LogP contribution >= 0.6 is 15.9 Å². The molecule has 6 heteroatoms. The maximum absolute atomic E-state index is 6.31. The van der Waals surface area contributed by atoms with Crippen molar-refractivity contribution >= 4 is 15.9 Å². The van der Waals surface area contributed by atoms with E-state index in [-0.39, 0.29) is 12.1 Å². The van der Waals surface area contributed by atoms with Gasteiger partial charge in [0, 0.05) is 28.5 Å². The van der Waals surface area contributed by atoms with Crippen molar-refractivity contribution in [2.24, 2.45) is 5.73 Å². The van der Waals surface area contributed by atoms with E-state index in [9.17, 15) is 0 Å². The molecule has 108 valence electrons. The van der Waals surface area contributed by atoms with E-state index in [1.54, 1.807) is 13.4 Å². The summed E-state index contributed by atoms with van der Waals surface area (Å²) in [6.07, 6.45) is 2.19. The van der Waals surface area contributed by atoms with Crippen LogP contribution < -0.4 is 10.5 Å². The molecule has 0 fully saturated rings. The van der Waals surface area contributed by atoms with Crippen LogP contribution in [0.5, 0.6) is 5.75 Å². The zero-order valence-electron chi connectivity index (χ0n) is 11.9. The third kappa shape index (κ3) is 3.19. The molecule has 0 saturated carbocycles. The molecule has 20 heavy (non-hydrogen) atoms. The smallest absolute Gasteiger partial charge is 0.138 e. The number of aromatic nitrogens is 3. The molecule has 0 spiro atoms. The summed E-state index contributed by atoms with van der Waals surface area (Å²) in [6, 6.07) is 5.95. The van der Waals surface area contributed by atoms with Gasteiger partial charge in [-0.15, -0.1) is 0 Å². The lowest BCUT2D eigenvalue weighted by atomic mass is 10.0. The van der Waals surface area contributed by atoms with Gasteiger partial charge in [-0.05, 0) is 26.0 Å². The number of benzene rings is 1. The minimum atomic E-state index is -0.181. The van der Waals surface area contributed by atoms with Crippen LogP contribution in [0, 0.1) is 0 Å². The lowest BCUT2D eigenvalue weighted by Gasteiger charge is -2.17. The number of hydrogen-bond donors (Lipinski definition) is 1. The molecular formula is C14H19BrN4O. The summed E-state index contributed by atoms with van der Waals surface area (Å²) in [5.74, 6) is 1.67. The van der Waals surface area contributed by atoms with Crippen molar-refractivity contribution in [3.05, 3.63) is 40.4 Å². The Balaban J connectivity index is 2.24. The zero-order chi connectivity index (χ0) is 14.7. The van der Waals surface area contributed by atoms with Crippen LogP contribution in [-0.2, 0) is 6.42 Å². The van der Waals surface area contributed by atoms with Crippen LogP contribution in [0.1, 0.15) is 37.3 Å². The Kier molecular flexibility index (Phi) is 4.77. The van der Waals surface area contributed by atoms with E-state index in [1.807, 2.05) is 22.9 Å². The maximum atomic E-state index is 6.31. The summed E-state index contributed by atoms with van der Waals surface area (Å²) in [7, 11) is 1.65. The second kappa shape index (κ2) is 6.37. The Morgan fingerprint density at radius 1 is 1.40 bits per heavy atom. The van der Waals surface area contributed by atoms with Gasteiger partial charge in [0.2, 0.25) is 0 Å². The molecule has 2 aromatic rings. The van der Waals surface area contributed by atoms with Gasteiger partial charge in [-0.1, -0.05) is 22.0 Å². The van der Waals surface area contributed by atoms with Crippen LogP contribution in [0.25, 0.3) is 0 Å². The normalized spacial score (nSPS) is 12.7. The van der Waals surface area contributed by atoms with E-state index in [2.05, 4.69) is 39.9 Å². The van der Waals surface area contributed by atoms with Crippen molar-refractivity contribution < 1.29 is 4.74 Å². The Hall–Kier alpha value is -1.40. The van der Waals surface area contributed by atoms with E-state index in [0.29, 0.717) is 6.42 Å². The first kappa shape index (κ1) is 15.0. The van der Waals surface area contributed by atoms with E-state index < -0.39 is 0 Å². The predicted molar refractivity (Wildman–Crippen MR) is 81.7 cm³/mol. The summed E-state index contributed by atoms with van der Waals surface area (Å²) in [5.41, 5.74) is 7.27. The molecule has 2 N–H and O–H groups in total. The molecular weight excluding hydrogens is 320 g/mol. The highest BCUT2D eigenvalue weighted by Gasteiger charge is 2.17.